The summed E-state index contributed by atoms with van der Waals surface area (Å²) in [6, 6.07) is 10.8. The molecule has 4 rings (SSSR count). The zero-order valence-electron chi connectivity index (χ0n) is 15.5. The summed E-state index contributed by atoms with van der Waals surface area (Å²) in [5.41, 5.74) is 2.16. The van der Waals surface area contributed by atoms with Gasteiger partial charge < -0.3 is 14.9 Å². The number of nitrogens with zero attached hydrogens (tertiary/aromatic N) is 4. The molecule has 1 atom stereocenters. The minimum Gasteiger partial charge on any atom is -0.478 e. The first-order valence-electron chi connectivity index (χ1n) is 9.18. The Hall–Kier alpha value is -3.26. The molecule has 1 aliphatic heterocycles. The lowest BCUT2D eigenvalue weighted by atomic mass is 10.1. The Balaban J connectivity index is 1.48. The lowest BCUT2D eigenvalue weighted by Gasteiger charge is -2.21. The summed E-state index contributed by atoms with van der Waals surface area (Å²) >= 11 is 0. The molecule has 0 radical (unpaired) electrons. The maximum Gasteiger partial charge on any atom is 0.335 e. The van der Waals surface area contributed by atoms with Gasteiger partial charge in [0, 0.05) is 25.4 Å². The number of carbonyl (C=O) groups is 1. The molecule has 1 aliphatic rings. The summed E-state index contributed by atoms with van der Waals surface area (Å²) in [5, 5.41) is 16.1. The van der Waals surface area contributed by atoms with Crippen LogP contribution in [0.15, 0.2) is 47.1 Å². The average molecular weight is 379 g/mol. The van der Waals surface area contributed by atoms with Crippen LogP contribution in [0.2, 0.25) is 0 Å². The Bertz CT molecular complexity index is 953. The second-order valence-electron chi connectivity index (χ2n) is 6.77. The standard InChI is InChI=1S/C20H21N5O3/c1-21-17-9-8-15(11-22-17)18-23-19(28-24-18)16-3-2-10-25(16)12-13-4-6-14(7-5-13)20(26)27/h4-9,11,16H,2-3,10,12H2,1H3,(H,21,22)(H,26,27)/t16-/m1/s1. The highest BCUT2D eigenvalue weighted by atomic mass is 16.5. The van der Waals surface area contributed by atoms with Gasteiger partial charge in [-0.2, -0.15) is 4.98 Å². The third kappa shape index (κ3) is 3.72. The van der Waals surface area contributed by atoms with Crippen molar-refractivity contribution in [2.45, 2.75) is 25.4 Å². The van der Waals surface area contributed by atoms with Gasteiger partial charge in [0.05, 0.1) is 11.6 Å². The van der Waals surface area contributed by atoms with E-state index in [9.17, 15) is 4.79 Å². The van der Waals surface area contributed by atoms with E-state index in [1.165, 1.54) is 0 Å². The van der Waals surface area contributed by atoms with Crippen molar-refractivity contribution >= 4 is 11.8 Å². The van der Waals surface area contributed by atoms with Gasteiger partial charge in [0.15, 0.2) is 0 Å². The summed E-state index contributed by atoms with van der Waals surface area (Å²) in [5.74, 6) is 1.000. The van der Waals surface area contributed by atoms with E-state index in [4.69, 9.17) is 9.63 Å². The van der Waals surface area contributed by atoms with Gasteiger partial charge in [0.1, 0.15) is 5.82 Å². The molecule has 0 amide bonds. The van der Waals surface area contributed by atoms with Gasteiger partial charge in [-0.15, -0.1) is 0 Å². The fourth-order valence-electron chi connectivity index (χ4n) is 3.44. The fourth-order valence-corrected chi connectivity index (χ4v) is 3.44. The van der Waals surface area contributed by atoms with Crippen LogP contribution in [-0.4, -0.2) is 44.7 Å². The van der Waals surface area contributed by atoms with Crippen molar-refractivity contribution in [2.24, 2.45) is 0 Å². The number of carboxylic acids is 1. The molecule has 1 fully saturated rings. The molecule has 144 valence electrons. The van der Waals surface area contributed by atoms with Crippen LogP contribution in [0.25, 0.3) is 11.4 Å². The Morgan fingerprint density at radius 2 is 2.11 bits per heavy atom. The monoisotopic (exact) mass is 379 g/mol. The van der Waals surface area contributed by atoms with Gasteiger partial charge in [-0.05, 0) is 49.2 Å². The third-order valence-electron chi connectivity index (χ3n) is 4.95. The Morgan fingerprint density at radius 3 is 2.79 bits per heavy atom. The van der Waals surface area contributed by atoms with Gasteiger partial charge in [-0.3, -0.25) is 4.90 Å². The SMILES string of the molecule is CNc1ccc(-c2noc([C@H]3CCCN3Cc3ccc(C(=O)O)cc3)n2)cn1. The molecule has 8 nitrogen and oxygen atoms in total. The molecule has 0 bridgehead atoms. The van der Waals surface area contributed by atoms with Crippen molar-refractivity contribution in [3.63, 3.8) is 0 Å². The average Bonchev–Trinajstić information content (AvgIpc) is 3.38. The number of pyridine rings is 1. The molecule has 0 unspecified atom stereocenters. The van der Waals surface area contributed by atoms with Crippen LogP contribution < -0.4 is 5.32 Å². The molecular formula is C20H21N5O3. The van der Waals surface area contributed by atoms with Crippen LogP contribution in [0.1, 0.15) is 40.7 Å². The minimum absolute atomic E-state index is 0.0601. The number of nitrogens with one attached hydrogen (secondary N) is 1. The molecule has 3 heterocycles. The second-order valence-corrected chi connectivity index (χ2v) is 6.77. The predicted octanol–water partition coefficient (Wildman–Crippen LogP) is 3.21. The quantitative estimate of drug-likeness (QED) is 0.673. The molecule has 3 aromatic rings. The van der Waals surface area contributed by atoms with Crippen LogP contribution in [0.3, 0.4) is 0 Å². The van der Waals surface area contributed by atoms with Crippen LogP contribution in [-0.2, 0) is 6.54 Å². The number of rotatable bonds is 6. The van der Waals surface area contributed by atoms with E-state index in [-0.39, 0.29) is 6.04 Å². The summed E-state index contributed by atoms with van der Waals surface area (Å²) in [6.07, 6.45) is 3.72. The van der Waals surface area contributed by atoms with Crippen molar-refractivity contribution in [1.29, 1.82) is 0 Å². The second kappa shape index (κ2) is 7.77. The summed E-state index contributed by atoms with van der Waals surface area (Å²) in [6.45, 7) is 1.64. The van der Waals surface area contributed by atoms with Crippen molar-refractivity contribution in [1.82, 2.24) is 20.0 Å². The molecule has 0 spiro atoms. The van der Waals surface area contributed by atoms with Crippen LogP contribution in [0, 0.1) is 0 Å². The normalized spacial score (nSPS) is 17.0. The largest absolute Gasteiger partial charge is 0.478 e. The summed E-state index contributed by atoms with van der Waals surface area (Å²) in [7, 11) is 1.82. The van der Waals surface area contributed by atoms with E-state index in [2.05, 4.69) is 25.3 Å². The lowest BCUT2D eigenvalue weighted by Crippen LogP contribution is -2.23. The number of benzene rings is 1. The molecule has 1 saturated heterocycles. The molecule has 8 heteroatoms. The van der Waals surface area contributed by atoms with E-state index in [0.717, 1.165) is 36.3 Å². The first-order valence-corrected chi connectivity index (χ1v) is 9.18. The molecule has 2 aromatic heterocycles. The minimum atomic E-state index is -0.916. The van der Waals surface area contributed by atoms with Crippen molar-refractivity contribution in [3.05, 3.63) is 59.6 Å². The summed E-state index contributed by atoms with van der Waals surface area (Å²) < 4.78 is 5.55. The molecule has 1 aromatic carbocycles. The van der Waals surface area contributed by atoms with E-state index in [1.54, 1.807) is 18.3 Å². The van der Waals surface area contributed by atoms with Gasteiger partial charge in [0.2, 0.25) is 11.7 Å². The van der Waals surface area contributed by atoms with Crippen LogP contribution in [0.4, 0.5) is 5.82 Å². The number of likely N-dealkylation sites (tertiary alicyclic amines) is 1. The number of carboxylic acid groups (broad SMARTS) is 1. The molecule has 0 aliphatic carbocycles. The highest BCUT2D eigenvalue weighted by molar-refractivity contribution is 5.87. The van der Waals surface area contributed by atoms with Crippen molar-refractivity contribution in [2.75, 3.05) is 18.9 Å². The fraction of sp³-hybridized carbons (Fsp3) is 0.300. The number of anilines is 1. The number of aromatic nitrogens is 3. The highest BCUT2D eigenvalue weighted by Gasteiger charge is 2.30. The predicted molar refractivity (Wildman–Crippen MR) is 103 cm³/mol. The smallest absolute Gasteiger partial charge is 0.335 e. The van der Waals surface area contributed by atoms with Crippen LogP contribution >= 0.6 is 0 Å². The maximum absolute atomic E-state index is 11.0. The lowest BCUT2D eigenvalue weighted by molar-refractivity contribution is 0.0697. The molecular weight excluding hydrogens is 358 g/mol. The van der Waals surface area contributed by atoms with E-state index in [0.29, 0.717) is 23.8 Å². The highest BCUT2D eigenvalue weighted by Crippen LogP contribution is 2.33. The van der Waals surface area contributed by atoms with Gasteiger partial charge >= 0.3 is 5.97 Å². The van der Waals surface area contributed by atoms with Gasteiger partial charge in [-0.1, -0.05) is 17.3 Å². The Morgan fingerprint density at radius 1 is 1.29 bits per heavy atom. The molecule has 2 N–H and O–H groups in total. The number of aromatic carboxylic acids is 1. The van der Waals surface area contributed by atoms with Crippen molar-refractivity contribution in [3.8, 4) is 11.4 Å². The zero-order valence-corrected chi connectivity index (χ0v) is 15.5. The topological polar surface area (TPSA) is 104 Å². The number of hydrogen-bond acceptors (Lipinski definition) is 7. The van der Waals surface area contributed by atoms with E-state index in [1.807, 2.05) is 31.3 Å². The van der Waals surface area contributed by atoms with Gasteiger partial charge in [0.25, 0.3) is 0 Å². The molecule has 0 saturated carbocycles. The Labute approximate surface area is 162 Å². The molecule has 28 heavy (non-hydrogen) atoms. The number of hydrogen-bond donors (Lipinski definition) is 2. The first-order chi connectivity index (χ1) is 13.6. The first kappa shape index (κ1) is 18.1. The zero-order chi connectivity index (χ0) is 19.5. The van der Waals surface area contributed by atoms with Crippen molar-refractivity contribution < 1.29 is 14.4 Å². The Kier molecular flexibility index (Phi) is 5.03. The summed E-state index contributed by atoms with van der Waals surface area (Å²) in [4.78, 5) is 22.2. The van der Waals surface area contributed by atoms with E-state index >= 15 is 0 Å². The van der Waals surface area contributed by atoms with Gasteiger partial charge in [-0.25, -0.2) is 9.78 Å². The van der Waals surface area contributed by atoms with E-state index < -0.39 is 5.97 Å². The van der Waals surface area contributed by atoms with Crippen LogP contribution in [0.5, 0.6) is 0 Å². The maximum atomic E-state index is 11.0. The third-order valence-corrected chi connectivity index (χ3v) is 4.95.